The summed E-state index contributed by atoms with van der Waals surface area (Å²) < 4.78 is 9.92. The number of rotatable bonds is 8. The lowest BCUT2D eigenvalue weighted by molar-refractivity contribution is -0.130. The number of carbonyl (C=O) groups excluding carboxylic acids is 2. The van der Waals surface area contributed by atoms with Crippen molar-refractivity contribution in [2.75, 3.05) is 40.9 Å². The highest BCUT2D eigenvalue weighted by Gasteiger charge is 2.07. The van der Waals surface area contributed by atoms with Gasteiger partial charge < -0.3 is 25.0 Å². The SMILES string of the molecule is COC(=O)NCCNC(C)c1ccc(OCC(=O)N(C)C)cc1. The van der Waals surface area contributed by atoms with E-state index >= 15 is 0 Å². The molecule has 0 fully saturated rings. The van der Waals surface area contributed by atoms with Crippen LogP contribution in [0.4, 0.5) is 4.79 Å². The zero-order valence-electron chi connectivity index (χ0n) is 14.1. The number of amides is 2. The zero-order chi connectivity index (χ0) is 17.2. The van der Waals surface area contributed by atoms with E-state index in [1.807, 2.05) is 31.2 Å². The van der Waals surface area contributed by atoms with Gasteiger partial charge in [0.15, 0.2) is 6.61 Å². The van der Waals surface area contributed by atoms with E-state index in [-0.39, 0.29) is 18.6 Å². The summed E-state index contributed by atoms with van der Waals surface area (Å²) in [5.74, 6) is 0.575. The van der Waals surface area contributed by atoms with Gasteiger partial charge in [0.05, 0.1) is 7.11 Å². The number of ether oxygens (including phenoxy) is 2. The third-order valence-electron chi connectivity index (χ3n) is 3.27. The minimum absolute atomic E-state index is 0.0271. The maximum absolute atomic E-state index is 11.5. The summed E-state index contributed by atoms with van der Waals surface area (Å²) in [5.41, 5.74) is 1.09. The summed E-state index contributed by atoms with van der Waals surface area (Å²) in [6.07, 6.45) is -0.437. The summed E-state index contributed by atoms with van der Waals surface area (Å²) in [6, 6.07) is 7.69. The Balaban J connectivity index is 2.37. The Kier molecular flexibility index (Phi) is 7.90. The van der Waals surface area contributed by atoms with E-state index in [1.54, 1.807) is 14.1 Å². The molecule has 1 atom stereocenters. The van der Waals surface area contributed by atoms with Crippen LogP contribution < -0.4 is 15.4 Å². The molecular formula is C16H25N3O4. The molecule has 0 aliphatic rings. The van der Waals surface area contributed by atoms with Crippen LogP contribution >= 0.6 is 0 Å². The smallest absolute Gasteiger partial charge is 0.406 e. The summed E-state index contributed by atoms with van der Waals surface area (Å²) in [4.78, 5) is 23.9. The van der Waals surface area contributed by atoms with Crippen LogP contribution in [0.5, 0.6) is 5.75 Å². The van der Waals surface area contributed by atoms with Crippen LogP contribution in [0.3, 0.4) is 0 Å². The van der Waals surface area contributed by atoms with Gasteiger partial charge in [-0.1, -0.05) is 12.1 Å². The highest BCUT2D eigenvalue weighted by atomic mass is 16.5. The molecule has 7 nitrogen and oxygen atoms in total. The minimum atomic E-state index is -0.437. The average Bonchev–Trinajstić information content (AvgIpc) is 2.56. The predicted molar refractivity (Wildman–Crippen MR) is 87.5 cm³/mol. The molecule has 128 valence electrons. The molecule has 0 heterocycles. The lowest BCUT2D eigenvalue weighted by Gasteiger charge is -2.15. The summed E-state index contributed by atoms with van der Waals surface area (Å²) in [7, 11) is 4.72. The van der Waals surface area contributed by atoms with Crippen LogP contribution in [-0.2, 0) is 9.53 Å². The Hall–Kier alpha value is -2.28. The number of likely N-dealkylation sites (N-methyl/N-ethyl adjacent to an activating group) is 1. The first kappa shape index (κ1) is 18.8. The lowest BCUT2D eigenvalue weighted by Crippen LogP contribution is -2.32. The van der Waals surface area contributed by atoms with E-state index in [9.17, 15) is 9.59 Å². The molecule has 2 amide bonds. The van der Waals surface area contributed by atoms with Crippen LogP contribution in [0, 0.1) is 0 Å². The Morgan fingerprint density at radius 3 is 2.39 bits per heavy atom. The Bertz CT molecular complexity index is 503. The van der Waals surface area contributed by atoms with E-state index in [1.165, 1.54) is 12.0 Å². The second-order valence-corrected chi connectivity index (χ2v) is 5.24. The second-order valence-electron chi connectivity index (χ2n) is 5.24. The molecule has 0 aliphatic heterocycles. The molecule has 1 aromatic rings. The van der Waals surface area contributed by atoms with Crippen molar-refractivity contribution in [3.63, 3.8) is 0 Å². The quantitative estimate of drug-likeness (QED) is 0.702. The van der Waals surface area contributed by atoms with Gasteiger partial charge in [0, 0.05) is 33.2 Å². The molecule has 0 aromatic heterocycles. The van der Waals surface area contributed by atoms with Crippen LogP contribution in [0.1, 0.15) is 18.5 Å². The van der Waals surface area contributed by atoms with E-state index in [2.05, 4.69) is 15.4 Å². The Morgan fingerprint density at radius 2 is 1.83 bits per heavy atom. The van der Waals surface area contributed by atoms with Crippen LogP contribution in [0.2, 0.25) is 0 Å². The van der Waals surface area contributed by atoms with E-state index in [4.69, 9.17) is 4.74 Å². The highest BCUT2D eigenvalue weighted by molar-refractivity contribution is 5.77. The van der Waals surface area contributed by atoms with Crippen molar-refractivity contribution in [1.29, 1.82) is 0 Å². The van der Waals surface area contributed by atoms with Gasteiger partial charge in [0.2, 0.25) is 0 Å². The molecule has 0 aliphatic carbocycles. The number of hydrogen-bond acceptors (Lipinski definition) is 5. The molecule has 1 rings (SSSR count). The summed E-state index contributed by atoms with van der Waals surface area (Å²) >= 11 is 0. The van der Waals surface area contributed by atoms with Gasteiger partial charge >= 0.3 is 6.09 Å². The molecule has 1 aromatic carbocycles. The Labute approximate surface area is 136 Å². The number of methoxy groups -OCH3 is 1. The molecule has 7 heteroatoms. The largest absolute Gasteiger partial charge is 0.484 e. The minimum Gasteiger partial charge on any atom is -0.484 e. The number of benzene rings is 1. The van der Waals surface area contributed by atoms with Crippen molar-refractivity contribution >= 4 is 12.0 Å². The molecule has 0 spiro atoms. The lowest BCUT2D eigenvalue weighted by atomic mass is 10.1. The van der Waals surface area contributed by atoms with Crippen LogP contribution in [0.15, 0.2) is 24.3 Å². The first-order chi connectivity index (χ1) is 10.9. The van der Waals surface area contributed by atoms with Crippen molar-refractivity contribution in [1.82, 2.24) is 15.5 Å². The molecule has 1 unspecified atom stereocenters. The molecule has 2 N–H and O–H groups in total. The van der Waals surface area contributed by atoms with Crippen molar-refractivity contribution in [2.24, 2.45) is 0 Å². The predicted octanol–water partition coefficient (Wildman–Crippen LogP) is 1.16. The van der Waals surface area contributed by atoms with E-state index < -0.39 is 6.09 Å². The maximum atomic E-state index is 11.5. The Morgan fingerprint density at radius 1 is 1.17 bits per heavy atom. The van der Waals surface area contributed by atoms with Crippen molar-refractivity contribution in [3.05, 3.63) is 29.8 Å². The first-order valence-corrected chi connectivity index (χ1v) is 7.42. The topological polar surface area (TPSA) is 79.9 Å². The normalized spacial score (nSPS) is 11.5. The first-order valence-electron chi connectivity index (χ1n) is 7.42. The van der Waals surface area contributed by atoms with E-state index in [0.29, 0.717) is 18.8 Å². The molecule has 0 saturated heterocycles. The van der Waals surface area contributed by atoms with Gasteiger partial charge in [0.1, 0.15) is 5.75 Å². The van der Waals surface area contributed by atoms with Crippen molar-refractivity contribution in [2.45, 2.75) is 13.0 Å². The van der Waals surface area contributed by atoms with Gasteiger partial charge in [-0.25, -0.2) is 4.79 Å². The number of nitrogens with one attached hydrogen (secondary N) is 2. The van der Waals surface area contributed by atoms with Gasteiger partial charge in [-0.2, -0.15) is 0 Å². The third kappa shape index (κ3) is 7.01. The number of alkyl carbamates (subject to hydrolysis) is 1. The second kappa shape index (κ2) is 9.68. The third-order valence-corrected chi connectivity index (χ3v) is 3.27. The number of carbonyl (C=O) groups is 2. The standard InChI is InChI=1S/C16H25N3O4/c1-12(17-9-10-18-16(21)22-4)13-5-7-14(8-6-13)23-11-15(20)19(2)3/h5-8,12,17H,9-11H2,1-4H3,(H,18,21). The number of nitrogens with zero attached hydrogens (tertiary/aromatic N) is 1. The van der Waals surface area contributed by atoms with Crippen molar-refractivity contribution < 1.29 is 19.1 Å². The molecule has 0 bridgehead atoms. The van der Waals surface area contributed by atoms with Crippen LogP contribution in [-0.4, -0.2) is 57.8 Å². The molecule has 0 radical (unpaired) electrons. The van der Waals surface area contributed by atoms with Gasteiger partial charge in [-0.05, 0) is 24.6 Å². The zero-order valence-corrected chi connectivity index (χ0v) is 14.1. The fourth-order valence-corrected chi connectivity index (χ4v) is 1.77. The van der Waals surface area contributed by atoms with Crippen LogP contribution in [0.25, 0.3) is 0 Å². The molecule has 23 heavy (non-hydrogen) atoms. The summed E-state index contributed by atoms with van der Waals surface area (Å²) in [5, 5.41) is 5.90. The molecular weight excluding hydrogens is 298 g/mol. The van der Waals surface area contributed by atoms with E-state index in [0.717, 1.165) is 5.56 Å². The highest BCUT2D eigenvalue weighted by Crippen LogP contribution is 2.17. The van der Waals surface area contributed by atoms with Crippen molar-refractivity contribution in [3.8, 4) is 5.75 Å². The van der Waals surface area contributed by atoms with Gasteiger partial charge in [-0.15, -0.1) is 0 Å². The fourth-order valence-electron chi connectivity index (χ4n) is 1.77. The fraction of sp³-hybridized carbons (Fsp3) is 0.500. The maximum Gasteiger partial charge on any atom is 0.406 e. The average molecular weight is 323 g/mol. The monoisotopic (exact) mass is 323 g/mol. The van der Waals surface area contributed by atoms with Gasteiger partial charge in [0.25, 0.3) is 5.91 Å². The van der Waals surface area contributed by atoms with Gasteiger partial charge in [-0.3, -0.25) is 4.79 Å². The molecule has 0 saturated carbocycles. The summed E-state index contributed by atoms with van der Waals surface area (Å²) in [6.45, 7) is 3.18. The number of hydrogen-bond donors (Lipinski definition) is 2.